The van der Waals surface area contributed by atoms with Gasteiger partial charge >= 0.3 is 5.97 Å². The van der Waals surface area contributed by atoms with Crippen molar-refractivity contribution >= 4 is 11.9 Å². The van der Waals surface area contributed by atoms with E-state index >= 15 is 0 Å². The first-order valence-electron chi connectivity index (χ1n) is 7.37. The topological polar surface area (TPSA) is 84.9 Å². The summed E-state index contributed by atoms with van der Waals surface area (Å²) in [6, 6.07) is 6.48. The van der Waals surface area contributed by atoms with E-state index in [1.54, 1.807) is 31.4 Å². The lowest BCUT2D eigenvalue weighted by molar-refractivity contribution is -0.142. The van der Waals surface area contributed by atoms with Crippen LogP contribution in [0.25, 0.3) is 0 Å². The largest absolute Gasteiger partial charge is 0.491 e. The number of hydrogen-bond donors (Lipinski definition) is 2. The monoisotopic (exact) mass is 307 g/mol. The van der Waals surface area contributed by atoms with E-state index in [0.717, 1.165) is 6.42 Å². The molecule has 22 heavy (non-hydrogen) atoms. The number of carboxylic acids is 1. The summed E-state index contributed by atoms with van der Waals surface area (Å²) >= 11 is 0. The zero-order valence-corrected chi connectivity index (χ0v) is 12.6. The third-order valence-corrected chi connectivity index (χ3v) is 3.82. The van der Waals surface area contributed by atoms with Crippen molar-refractivity contribution in [2.45, 2.75) is 25.3 Å². The van der Waals surface area contributed by atoms with Gasteiger partial charge in [-0.2, -0.15) is 0 Å². The van der Waals surface area contributed by atoms with E-state index in [0.29, 0.717) is 37.4 Å². The van der Waals surface area contributed by atoms with Crippen LogP contribution in [0.1, 0.15) is 29.6 Å². The number of methoxy groups -OCH3 is 1. The van der Waals surface area contributed by atoms with Crippen molar-refractivity contribution in [2.24, 2.45) is 5.92 Å². The van der Waals surface area contributed by atoms with Gasteiger partial charge in [-0.05, 0) is 37.1 Å². The molecule has 0 radical (unpaired) electrons. The lowest BCUT2D eigenvalue weighted by Crippen LogP contribution is -2.40. The lowest BCUT2D eigenvalue weighted by Gasteiger charge is -2.17. The van der Waals surface area contributed by atoms with Crippen LogP contribution >= 0.6 is 0 Å². The molecule has 120 valence electrons. The standard InChI is InChI=1S/C16H21NO5/c1-21-9-10-22-12-7-5-11(6-8-12)15(18)17-14-4-2-3-13(14)16(19)20/h5-8,13-14H,2-4,9-10H2,1H3,(H,17,18)(H,19,20)/t13-,14+/m0/s1. The van der Waals surface area contributed by atoms with Crippen LogP contribution < -0.4 is 10.1 Å². The van der Waals surface area contributed by atoms with E-state index in [9.17, 15) is 9.59 Å². The fourth-order valence-corrected chi connectivity index (χ4v) is 2.63. The molecule has 6 nitrogen and oxygen atoms in total. The van der Waals surface area contributed by atoms with E-state index in [1.807, 2.05) is 0 Å². The Balaban J connectivity index is 1.91. The van der Waals surface area contributed by atoms with Crippen LogP contribution in [0.15, 0.2) is 24.3 Å². The van der Waals surface area contributed by atoms with Gasteiger partial charge in [0.25, 0.3) is 5.91 Å². The minimum atomic E-state index is -0.843. The zero-order valence-electron chi connectivity index (χ0n) is 12.6. The maximum atomic E-state index is 12.2. The number of rotatable bonds is 7. The molecule has 0 unspecified atom stereocenters. The Bertz CT molecular complexity index is 514. The summed E-state index contributed by atoms with van der Waals surface area (Å²) in [5.41, 5.74) is 0.495. The molecule has 2 N–H and O–H groups in total. The van der Waals surface area contributed by atoms with Gasteiger partial charge in [0, 0.05) is 18.7 Å². The van der Waals surface area contributed by atoms with Crippen molar-refractivity contribution in [3.8, 4) is 5.75 Å². The maximum Gasteiger partial charge on any atom is 0.308 e. The van der Waals surface area contributed by atoms with Crippen molar-refractivity contribution in [3.05, 3.63) is 29.8 Å². The highest BCUT2D eigenvalue weighted by Gasteiger charge is 2.33. The number of hydrogen-bond acceptors (Lipinski definition) is 4. The fourth-order valence-electron chi connectivity index (χ4n) is 2.63. The molecule has 2 atom stereocenters. The molecular formula is C16H21NO5. The van der Waals surface area contributed by atoms with Gasteiger partial charge in [0.1, 0.15) is 12.4 Å². The summed E-state index contributed by atoms with van der Waals surface area (Å²) in [4.78, 5) is 23.3. The fraction of sp³-hybridized carbons (Fsp3) is 0.500. The SMILES string of the molecule is COCCOc1ccc(C(=O)N[C@@H]2CCC[C@@H]2C(=O)O)cc1. The quantitative estimate of drug-likeness (QED) is 0.749. The minimum Gasteiger partial charge on any atom is -0.491 e. The van der Waals surface area contributed by atoms with Crippen LogP contribution in [0.5, 0.6) is 5.75 Å². The highest BCUT2D eigenvalue weighted by molar-refractivity contribution is 5.94. The molecular weight excluding hydrogens is 286 g/mol. The second kappa shape index (κ2) is 7.79. The smallest absolute Gasteiger partial charge is 0.308 e. The molecule has 1 aliphatic carbocycles. The van der Waals surface area contributed by atoms with Crippen LogP contribution in [-0.4, -0.2) is 43.3 Å². The Labute approximate surface area is 129 Å². The van der Waals surface area contributed by atoms with Gasteiger partial charge < -0.3 is 19.9 Å². The van der Waals surface area contributed by atoms with Crippen molar-refractivity contribution in [2.75, 3.05) is 20.3 Å². The molecule has 0 bridgehead atoms. The van der Waals surface area contributed by atoms with Crippen molar-refractivity contribution in [3.63, 3.8) is 0 Å². The molecule has 2 rings (SSSR count). The molecule has 1 saturated carbocycles. The Morgan fingerprint density at radius 1 is 1.23 bits per heavy atom. The Hall–Kier alpha value is -2.08. The number of ether oxygens (including phenoxy) is 2. The van der Waals surface area contributed by atoms with Crippen molar-refractivity contribution < 1.29 is 24.2 Å². The number of carbonyl (C=O) groups is 2. The van der Waals surface area contributed by atoms with Gasteiger partial charge in [0.15, 0.2) is 0 Å². The van der Waals surface area contributed by atoms with E-state index in [-0.39, 0.29) is 11.9 Å². The van der Waals surface area contributed by atoms with Crippen LogP contribution in [0.2, 0.25) is 0 Å². The molecule has 0 heterocycles. The van der Waals surface area contributed by atoms with Crippen molar-refractivity contribution in [1.82, 2.24) is 5.32 Å². The van der Waals surface area contributed by atoms with Crippen LogP contribution in [0, 0.1) is 5.92 Å². The van der Waals surface area contributed by atoms with Gasteiger partial charge in [-0.25, -0.2) is 0 Å². The molecule has 1 amide bonds. The summed E-state index contributed by atoms with van der Waals surface area (Å²) in [6.07, 6.45) is 2.15. The number of nitrogens with one attached hydrogen (secondary N) is 1. The first-order valence-corrected chi connectivity index (χ1v) is 7.37. The average Bonchev–Trinajstić information content (AvgIpc) is 2.96. The number of benzene rings is 1. The minimum absolute atomic E-state index is 0.249. The van der Waals surface area contributed by atoms with E-state index in [2.05, 4.69) is 5.32 Å². The first-order chi connectivity index (χ1) is 10.6. The van der Waals surface area contributed by atoms with E-state index in [4.69, 9.17) is 14.6 Å². The lowest BCUT2D eigenvalue weighted by atomic mass is 10.0. The molecule has 6 heteroatoms. The van der Waals surface area contributed by atoms with Crippen LogP contribution in [0.3, 0.4) is 0 Å². The third kappa shape index (κ3) is 4.21. The maximum absolute atomic E-state index is 12.2. The number of aliphatic carboxylic acids is 1. The molecule has 0 spiro atoms. The van der Waals surface area contributed by atoms with Crippen LogP contribution in [0.4, 0.5) is 0 Å². The highest BCUT2D eigenvalue weighted by atomic mass is 16.5. The summed E-state index contributed by atoms with van der Waals surface area (Å²) in [5.74, 6) is -0.912. The number of amides is 1. The average molecular weight is 307 g/mol. The Morgan fingerprint density at radius 2 is 1.95 bits per heavy atom. The molecule has 1 aromatic rings. The van der Waals surface area contributed by atoms with Gasteiger partial charge in [0.2, 0.25) is 0 Å². The zero-order chi connectivity index (χ0) is 15.9. The molecule has 1 aromatic carbocycles. The summed E-state index contributed by atoms with van der Waals surface area (Å²) in [5, 5.41) is 11.9. The van der Waals surface area contributed by atoms with Crippen molar-refractivity contribution in [1.29, 1.82) is 0 Å². The highest BCUT2D eigenvalue weighted by Crippen LogP contribution is 2.26. The second-order valence-electron chi connectivity index (χ2n) is 5.32. The van der Waals surface area contributed by atoms with Gasteiger partial charge in [0.05, 0.1) is 12.5 Å². The molecule has 0 aromatic heterocycles. The predicted molar refractivity (Wildman–Crippen MR) is 80.0 cm³/mol. The summed E-state index contributed by atoms with van der Waals surface area (Å²) in [6.45, 7) is 0.949. The van der Waals surface area contributed by atoms with E-state index < -0.39 is 11.9 Å². The predicted octanol–water partition coefficient (Wildman–Crippen LogP) is 1.69. The van der Waals surface area contributed by atoms with Gasteiger partial charge in [-0.1, -0.05) is 6.42 Å². The molecule has 0 aliphatic heterocycles. The van der Waals surface area contributed by atoms with Gasteiger partial charge in [-0.15, -0.1) is 0 Å². The molecule has 0 saturated heterocycles. The third-order valence-electron chi connectivity index (χ3n) is 3.82. The van der Waals surface area contributed by atoms with Gasteiger partial charge in [-0.3, -0.25) is 9.59 Å². The normalized spacial score (nSPS) is 20.6. The summed E-state index contributed by atoms with van der Waals surface area (Å²) < 4.78 is 10.3. The van der Waals surface area contributed by atoms with Crippen LogP contribution in [-0.2, 0) is 9.53 Å². The Kier molecular flexibility index (Phi) is 5.77. The number of carboxylic acid groups (broad SMARTS) is 1. The Morgan fingerprint density at radius 3 is 2.59 bits per heavy atom. The molecule has 1 fully saturated rings. The first kappa shape index (κ1) is 16.3. The molecule has 1 aliphatic rings. The second-order valence-corrected chi connectivity index (χ2v) is 5.32. The van der Waals surface area contributed by atoms with E-state index in [1.165, 1.54) is 0 Å². The summed E-state index contributed by atoms with van der Waals surface area (Å²) in [7, 11) is 1.60. The number of carbonyl (C=O) groups excluding carboxylic acids is 1.